The molecule has 120 valence electrons. The van der Waals surface area contributed by atoms with Crippen molar-refractivity contribution in [3.63, 3.8) is 0 Å². The Balaban J connectivity index is 1.56. The number of aromatic nitrogens is 3. The van der Waals surface area contributed by atoms with Crippen LogP contribution in [0.1, 0.15) is 0 Å². The van der Waals surface area contributed by atoms with Crippen molar-refractivity contribution in [2.24, 2.45) is 0 Å². The first-order chi connectivity index (χ1) is 11.3. The number of methoxy groups -OCH3 is 1. The van der Waals surface area contributed by atoms with Gasteiger partial charge in [0.1, 0.15) is 11.6 Å². The van der Waals surface area contributed by atoms with Gasteiger partial charge in [0.25, 0.3) is 0 Å². The Hall–Kier alpha value is -2.90. The number of ether oxygens (including phenoxy) is 1. The fraction of sp³-hybridized carbons (Fsp3) is 0.333. The van der Waals surface area contributed by atoms with E-state index in [1.807, 2.05) is 18.2 Å². The molecule has 0 aliphatic carbocycles. The highest BCUT2D eigenvalue weighted by atomic mass is 16.5. The molecule has 2 aromatic rings. The lowest BCUT2D eigenvalue weighted by Gasteiger charge is -2.35. The number of carbonyl (C=O) groups excluding carboxylic acids is 1. The van der Waals surface area contributed by atoms with E-state index in [2.05, 4.69) is 25.2 Å². The van der Waals surface area contributed by atoms with Crippen molar-refractivity contribution >= 4 is 17.7 Å². The largest absolute Gasteiger partial charge is 0.467 e. The summed E-state index contributed by atoms with van der Waals surface area (Å²) in [7, 11) is 1.48. The van der Waals surface area contributed by atoms with E-state index in [1.54, 1.807) is 23.4 Å². The quantitative estimate of drug-likeness (QED) is 0.917. The normalized spacial score (nSPS) is 14.5. The summed E-state index contributed by atoms with van der Waals surface area (Å²) in [6, 6.07) is 7.51. The Labute approximate surface area is 134 Å². The molecule has 0 unspecified atom stereocenters. The number of hydrogen-bond donors (Lipinski definition) is 1. The molecule has 0 aromatic carbocycles. The predicted octanol–water partition coefficient (Wildman–Crippen LogP) is 1.23. The van der Waals surface area contributed by atoms with Crippen LogP contribution >= 0.6 is 0 Å². The molecule has 3 heterocycles. The van der Waals surface area contributed by atoms with Gasteiger partial charge in [-0.3, -0.25) is 5.32 Å². The summed E-state index contributed by atoms with van der Waals surface area (Å²) < 4.78 is 4.94. The third-order valence-corrected chi connectivity index (χ3v) is 3.59. The Kier molecular flexibility index (Phi) is 4.51. The van der Waals surface area contributed by atoms with Gasteiger partial charge in [-0.25, -0.2) is 14.8 Å². The summed E-state index contributed by atoms with van der Waals surface area (Å²) in [6.45, 7) is 2.75. The van der Waals surface area contributed by atoms with E-state index in [0.717, 1.165) is 18.9 Å². The standard InChI is InChI=1S/C15H18N6O2/c1-23-14-17-7-5-12(18-14)19-15(22)21-10-8-20(9-11-21)13-4-2-3-6-16-13/h2-7H,8-11H2,1H3,(H,17,18,19,22). The number of anilines is 2. The number of urea groups is 1. The molecule has 8 heteroatoms. The van der Waals surface area contributed by atoms with Crippen LogP contribution in [0.3, 0.4) is 0 Å². The first-order valence-corrected chi connectivity index (χ1v) is 7.35. The first-order valence-electron chi connectivity index (χ1n) is 7.35. The molecular weight excluding hydrogens is 296 g/mol. The lowest BCUT2D eigenvalue weighted by Crippen LogP contribution is -2.50. The van der Waals surface area contributed by atoms with Gasteiger partial charge in [0.05, 0.1) is 7.11 Å². The van der Waals surface area contributed by atoms with Crippen molar-refractivity contribution in [3.8, 4) is 6.01 Å². The van der Waals surface area contributed by atoms with Crippen LogP contribution in [-0.2, 0) is 0 Å². The highest BCUT2D eigenvalue weighted by Crippen LogP contribution is 2.14. The molecule has 8 nitrogen and oxygen atoms in total. The maximum absolute atomic E-state index is 12.3. The highest BCUT2D eigenvalue weighted by molar-refractivity contribution is 5.88. The molecule has 1 aliphatic heterocycles. The van der Waals surface area contributed by atoms with Gasteiger partial charge in [0.15, 0.2) is 0 Å². The molecule has 0 saturated carbocycles. The van der Waals surface area contributed by atoms with Crippen LogP contribution in [0.4, 0.5) is 16.4 Å². The van der Waals surface area contributed by atoms with Gasteiger partial charge in [-0.2, -0.15) is 4.98 Å². The van der Waals surface area contributed by atoms with Crippen molar-refractivity contribution in [1.82, 2.24) is 19.9 Å². The fourth-order valence-corrected chi connectivity index (χ4v) is 2.38. The second-order valence-corrected chi connectivity index (χ2v) is 5.02. The maximum Gasteiger partial charge on any atom is 0.323 e. The Morgan fingerprint density at radius 3 is 2.65 bits per heavy atom. The smallest absolute Gasteiger partial charge is 0.323 e. The summed E-state index contributed by atoms with van der Waals surface area (Å²) in [5.74, 6) is 1.36. The van der Waals surface area contributed by atoms with E-state index in [-0.39, 0.29) is 12.0 Å². The lowest BCUT2D eigenvalue weighted by molar-refractivity contribution is 0.208. The number of piperazine rings is 1. The van der Waals surface area contributed by atoms with Crippen LogP contribution < -0.4 is 15.0 Å². The van der Waals surface area contributed by atoms with Gasteiger partial charge >= 0.3 is 12.0 Å². The number of rotatable bonds is 3. The average molecular weight is 314 g/mol. The number of nitrogens with zero attached hydrogens (tertiary/aromatic N) is 5. The van der Waals surface area contributed by atoms with E-state index in [0.29, 0.717) is 18.9 Å². The zero-order chi connectivity index (χ0) is 16.1. The molecule has 1 N–H and O–H groups in total. The monoisotopic (exact) mass is 314 g/mol. The van der Waals surface area contributed by atoms with Crippen LogP contribution in [0, 0.1) is 0 Å². The third-order valence-electron chi connectivity index (χ3n) is 3.59. The molecule has 1 saturated heterocycles. The summed E-state index contributed by atoms with van der Waals surface area (Å²) in [5, 5.41) is 2.76. The maximum atomic E-state index is 12.3. The van der Waals surface area contributed by atoms with Gasteiger partial charge in [0, 0.05) is 38.6 Å². The molecule has 23 heavy (non-hydrogen) atoms. The zero-order valence-electron chi connectivity index (χ0n) is 12.8. The summed E-state index contributed by atoms with van der Waals surface area (Å²) in [6.07, 6.45) is 3.32. The number of amides is 2. The van der Waals surface area contributed by atoms with Crippen LogP contribution in [0.5, 0.6) is 6.01 Å². The minimum absolute atomic E-state index is 0.175. The Morgan fingerprint density at radius 1 is 1.13 bits per heavy atom. The molecule has 2 aromatic heterocycles. The summed E-state index contributed by atoms with van der Waals surface area (Å²) in [4.78, 5) is 28.5. The number of pyridine rings is 1. The van der Waals surface area contributed by atoms with E-state index >= 15 is 0 Å². The second-order valence-electron chi connectivity index (χ2n) is 5.02. The number of hydrogen-bond acceptors (Lipinski definition) is 6. The van der Waals surface area contributed by atoms with Gasteiger partial charge in [-0.1, -0.05) is 6.07 Å². The third kappa shape index (κ3) is 3.65. The van der Waals surface area contributed by atoms with Gasteiger partial charge in [-0.05, 0) is 18.2 Å². The molecule has 0 bridgehead atoms. The number of nitrogens with one attached hydrogen (secondary N) is 1. The minimum Gasteiger partial charge on any atom is -0.467 e. The molecule has 1 fully saturated rings. The van der Waals surface area contributed by atoms with E-state index in [4.69, 9.17) is 4.74 Å². The van der Waals surface area contributed by atoms with Crippen molar-refractivity contribution in [3.05, 3.63) is 36.7 Å². The van der Waals surface area contributed by atoms with Gasteiger partial charge < -0.3 is 14.5 Å². The molecule has 3 rings (SSSR count). The Bertz CT molecular complexity index is 658. The highest BCUT2D eigenvalue weighted by Gasteiger charge is 2.22. The van der Waals surface area contributed by atoms with Crippen molar-refractivity contribution in [1.29, 1.82) is 0 Å². The van der Waals surface area contributed by atoms with Crippen LogP contribution in [0.2, 0.25) is 0 Å². The second kappa shape index (κ2) is 6.91. The molecule has 2 amide bonds. The molecule has 0 radical (unpaired) electrons. The first kappa shape index (κ1) is 15.0. The van der Waals surface area contributed by atoms with Gasteiger partial charge in [0.2, 0.25) is 0 Å². The summed E-state index contributed by atoms with van der Waals surface area (Å²) >= 11 is 0. The predicted molar refractivity (Wildman–Crippen MR) is 85.6 cm³/mol. The van der Waals surface area contributed by atoms with Gasteiger partial charge in [-0.15, -0.1) is 0 Å². The number of carbonyl (C=O) groups is 1. The minimum atomic E-state index is -0.175. The van der Waals surface area contributed by atoms with Crippen molar-refractivity contribution in [2.75, 3.05) is 43.5 Å². The Morgan fingerprint density at radius 2 is 1.96 bits per heavy atom. The van der Waals surface area contributed by atoms with Crippen molar-refractivity contribution in [2.45, 2.75) is 0 Å². The lowest BCUT2D eigenvalue weighted by atomic mass is 10.3. The molecule has 0 spiro atoms. The molecule has 1 aliphatic rings. The van der Waals surface area contributed by atoms with Crippen LogP contribution in [-0.4, -0.2) is 59.2 Å². The molecular formula is C15H18N6O2. The fourth-order valence-electron chi connectivity index (χ4n) is 2.38. The van der Waals surface area contributed by atoms with E-state index < -0.39 is 0 Å². The zero-order valence-corrected chi connectivity index (χ0v) is 12.8. The van der Waals surface area contributed by atoms with E-state index in [9.17, 15) is 4.79 Å². The van der Waals surface area contributed by atoms with Crippen LogP contribution in [0.25, 0.3) is 0 Å². The topological polar surface area (TPSA) is 83.5 Å². The molecule has 0 atom stereocenters. The van der Waals surface area contributed by atoms with Crippen molar-refractivity contribution < 1.29 is 9.53 Å². The van der Waals surface area contributed by atoms with E-state index in [1.165, 1.54) is 7.11 Å². The SMILES string of the molecule is COc1nccc(NC(=O)N2CCN(c3ccccn3)CC2)n1. The summed E-state index contributed by atoms with van der Waals surface area (Å²) in [5.41, 5.74) is 0. The average Bonchev–Trinajstić information content (AvgIpc) is 2.63. The van der Waals surface area contributed by atoms with Crippen LogP contribution in [0.15, 0.2) is 36.7 Å².